The Balaban J connectivity index is 2.15. The summed E-state index contributed by atoms with van der Waals surface area (Å²) < 4.78 is 6.46. The van der Waals surface area contributed by atoms with Crippen LogP contribution in [-0.4, -0.2) is 79.8 Å². The first-order valence-electron chi connectivity index (χ1n) is 12.4. The van der Waals surface area contributed by atoms with Gasteiger partial charge in [-0.2, -0.15) is 0 Å². The molecule has 2 bridgehead atoms. The van der Waals surface area contributed by atoms with Gasteiger partial charge in [-0.05, 0) is 51.9 Å². The summed E-state index contributed by atoms with van der Waals surface area (Å²) in [6.45, 7) is 17.8. The summed E-state index contributed by atoms with van der Waals surface area (Å²) in [5.74, 6) is -3.73. The van der Waals surface area contributed by atoms with Gasteiger partial charge in [-0.1, -0.05) is 33.8 Å². The molecule has 8 heteroatoms. The van der Waals surface area contributed by atoms with Crippen LogP contribution in [0.25, 0.3) is 0 Å². The van der Waals surface area contributed by atoms with E-state index in [0.717, 1.165) is 0 Å². The van der Waals surface area contributed by atoms with Crippen molar-refractivity contribution in [3.8, 4) is 0 Å². The molecule has 0 radical (unpaired) electrons. The van der Waals surface area contributed by atoms with Gasteiger partial charge in [0.1, 0.15) is 11.6 Å². The molecule has 34 heavy (non-hydrogen) atoms. The third-order valence-corrected chi connectivity index (χ3v) is 8.06. The highest BCUT2D eigenvalue weighted by Gasteiger charge is 2.79. The lowest BCUT2D eigenvalue weighted by Crippen LogP contribution is -2.62. The molecule has 3 rings (SSSR count). The Labute approximate surface area is 203 Å². The molecule has 1 spiro atoms. The monoisotopic (exact) mass is 478 g/mol. The summed E-state index contributed by atoms with van der Waals surface area (Å²) in [5.41, 5.74) is -2.83. The Morgan fingerprint density at radius 3 is 2.38 bits per heavy atom. The Morgan fingerprint density at radius 2 is 1.91 bits per heavy atom. The average molecular weight is 479 g/mol. The molecule has 3 aliphatic heterocycles. The molecule has 2 unspecified atom stereocenters. The maximum absolute atomic E-state index is 14.4. The van der Waals surface area contributed by atoms with Crippen LogP contribution in [0.1, 0.15) is 74.1 Å². The van der Waals surface area contributed by atoms with E-state index in [9.17, 15) is 24.6 Å². The van der Waals surface area contributed by atoms with Crippen molar-refractivity contribution >= 4 is 17.8 Å². The standard InChI is InChI=1S/C26H42N2O6/c1-9-13-27(24(6,7)15-23(3,4)5)21(31)19-26-12-11-25(8,34-26)18(22(32)33)17(26)20(30)28(19)16(10-2)14-29/h9,16-19,29H,1,10-15H2,2-8H3,(H,32,33)/t16-,17-,18-,19?,25+,26?/m0/s1. The molecular weight excluding hydrogens is 436 g/mol. The fourth-order valence-electron chi connectivity index (χ4n) is 7.13. The van der Waals surface area contributed by atoms with Crippen LogP contribution in [0.3, 0.4) is 0 Å². The summed E-state index contributed by atoms with van der Waals surface area (Å²) in [7, 11) is 0. The van der Waals surface area contributed by atoms with Crippen molar-refractivity contribution in [3.63, 3.8) is 0 Å². The highest BCUT2D eigenvalue weighted by Crippen LogP contribution is 2.63. The minimum absolute atomic E-state index is 0.0591. The normalized spacial score (nSPS) is 33.7. The molecule has 0 aliphatic carbocycles. The number of rotatable bonds is 9. The lowest BCUT2D eigenvalue weighted by molar-refractivity contribution is -0.161. The van der Waals surface area contributed by atoms with E-state index < -0.39 is 52.5 Å². The number of aliphatic carboxylic acids is 1. The first kappa shape index (κ1) is 26.7. The van der Waals surface area contributed by atoms with Gasteiger partial charge < -0.3 is 24.7 Å². The van der Waals surface area contributed by atoms with Crippen molar-refractivity contribution in [2.24, 2.45) is 17.3 Å². The maximum atomic E-state index is 14.4. The number of hydrogen-bond donors (Lipinski definition) is 2. The van der Waals surface area contributed by atoms with Gasteiger partial charge in [0.05, 0.1) is 30.1 Å². The van der Waals surface area contributed by atoms with Crippen LogP contribution in [0.15, 0.2) is 12.7 Å². The molecule has 6 atom stereocenters. The fraction of sp³-hybridized carbons (Fsp3) is 0.808. The molecule has 3 fully saturated rings. The van der Waals surface area contributed by atoms with E-state index in [1.54, 1.807) is 17.9 Å². The number of carboxylic acids is 1. The van der Waals surface area contributed by atoms with E-state index in [-0.39, 0.29) is 24.5 Å². The molecule has 8 nitrogen and oxygen atoms in total. The molecule has 3 saturated heterocycles. The molecule has 3 aliphatic rings. The van der Waals surface area contributed by atoms with Crippen molar-refractivity contribution in [1.29, 1.82) is 0 Å². The van der Waals surface area contributed by atoms with E-state index in [4.69, 9.17) is 4.74 Å². The van der Waals surface area contributed by atoms with Crippen LogP contribution in [-0.2, 0) is 19.1 Å². The summed E-state index contributed by atoms with van der Waals surface area (Å²) in [4.78, 5) is 43.8. The van der Waals surface area contributed by atoms with Gasteiger partial charge in [-0.25, -0.2) is 0 Å². The second-order valence-electron chi connectivity index (χ2n) is 12.3. The summed E-state index contributed by atoms with van der Waals surface area (Å²) in [6, 6.07) is -1.59. The minimum atomic E-state index is -1.22. The van der Waals surface area contributed by atoms with Crippen LogP contribution >= 0.6 is 0 Å². The van der Waals surface area contributed by atoms with Crippen LogP contribution in [0.5, 0.6) is 0 Å². The van der Waals surface area contributed by atoms with Crippen LogP contribution < -0.4 is 0 Å². The number of carbonyl (C=O) groups excluding carboxylic acids is 2. The van der Waals surface area contributed by atoms with Gasteiger partial charge in [-0.3, -0.25) is 14.4 Å². The summed E-state index contributed by atoms with van der Waals surface area (Å²) >= 11 is 0. The molecule has 0 saturated carbocycles. The van der Waals surface area contributed by atoms with Gasteiger partial charge in [-0.15, -0.1) is 6.58 Å². The predicted molar refractivity (Wildman–Crippen MR) is 128 cm³/mol. The number of amides is 2. The first-order chi connectivity index (χ1) is 15.6. The number of nitrogens with zero attached hydrogens (tertiary/aromatic N) is 2. The Hall–Kier alpha value is -1.93. The van der Waals surface area contributed by atoms with Crippen LogP contribution in [0.2, 0.25) is 0 Å². The Morgan fingerprint density at radius 1 is 1.29 bits per heavy atom. The van der Waals surface area contributed by atoms with Crippen molar-refractivity contribution in [1.82, 2.24) is 9.80 Å². The van der Waals surface area contributed by atoms with Crippen molar-refractivity contribution in [2.75, 3.05) is 13.2 Å². The average Bonchev–Trinajstić information content (AvgIpc) is 3.26. The van der Waals surface area contributed by atoms with Gasteiger partial charge in [0, 0.05) is 12.1 Å². The zero-order chi connectivity index (χ0) is 25.9. The van der Waals surface area contributed by atoms with Crippen molar-refractivity contribution < 1.29 is 29.3 Å². The van der Waals surface area contributed by atoms with Crippen LogP contribution in [0, 0.1) is 17.3 Å². The quantitative estimate of drug-likeness (QED) is 0.494. The Kier molecular flexibility index (Phi) is 6.77. The zero-order valence-corrected chi connectivity index (χ0v) is 21.8. The molecule has 2 amide bonds. The van der Waals surface area contributed by atoms with Gasteiger partial charge >= 0.3 is 5.97 Å². The summed E-state index contributed by atoms with van der Waals surface area (Å²) in [5, 5.41) is 20.2. The number of carboxylic acid groups (broad SMARTS) is 1. The lowest BCUT2D eigenvalue weighted by atomic mass is 9.66. The second-order valence-corrected chi connectivity index (χ2v) is 12.3. The van der Waals surface area contributed by atoms with E-state index in [1.165, 1.54) is 4.90 Å². The SMILES string of the molecule is C=CCN(C(=O)C1N([C@@H](CC)CO)C(=O)[C@@H]2[C@@H](C(=O)O)[C@@]3(C)CCC12O3)C(C)(C)CC(C)(C)C. The zero-order valence-electron chi connectivity index (χ0n) is 21.8. The summed E-state index contributed by atoms with van der Waals surface area (Å²) in [6.07, 6.45) is 3.73. The number of likely N-dealkylation sites (tertiary alicyclic amines) is 1. The number of aliphatic hydroxyl groups excluding tert-OH is 1. The molecule has 192 valence electrons. The van der Waals surface area contributed by atoms with Crippen LogP contribution in [0.4, 0.5) is 0 Å². The maximum Gasteiger partial charge on any atom is 0.310 e. The topological polar surface area (TPSA) is 107 Å². The third-order valence-electron chi connectivity index (χ3n) is 8.06. The van der Waals surface area contributed by atoms with Gasteiger partial charge in [0.2, 0.25) is 11.8 Å². The van der Waals surface area contributed by atoms with E-state index in [2.05, 4.69) is 27.4 Å². The number of ether oxygens (including phenoxy) is 1. The van der Waals surface area contributed by atoms with E-state index in [1.807, 2.05) is 20.8 Å². The molecular formula is C26H42N2O6. The number of fused-ring (bicyclic) bond motifs is 1. The molecule has 3 heterocycles. The highest BCUT2D eigenvalue weighted by atomic mass is 16.5. The second kappa shape index (κ2) is 8.63. The van der Waals surface area contributed by atoms with E-state index >= 15 is 0 Å². The molecule has 0 aromatic rings. The smallest absolute Gasteiger partial charge is 0.310 e. The lowest BCUT2D eigenvalue weighted by Gasteiger charge is -2.46. The van der Waals surface area contributed by atoms with Gasteiger partial charge in [0.25, 0.3) is 0 Å². The number of carbonyl (C=O) groups is 3. The largest absolute Gasteiger partial charge is 0.481 e. The van der Waals surface area contributed by atoms with Crippen molar-refractivity contribution in [3.05, 3.63) is 12.7 Å². The predicted octanol–water partition coefficient (Wildman–Crippen LogP) is 2.84. The fourth-order valence-corrected chi connectivity index (χ4v) is 7.13. The third kappa shape index (κ3) is 3.96. The number of hydrogen-bond acceptors (Lipinski definition) is 5. The molecule has 2 N–H and O–H groups in total. The minimum Gasteiger partial charge on any atom is -0.481 e. The Bertz CT molecular complexity index is 860. The highest BCUT2D eigenvalue weighted by molar-refractivity contribution is 5.98. The molecule has 0 aromatic heterocycles. The number of aliphatic hydroxyl groups is 1. The molecule has 0 aromatic carbocycles. The van der Waals surface area contributed by atoms with Gasteiger partial charge in [0.15, 0.2) is 0 Å². The van der Waals surface area contributed by atoms with E-state index in [0.29, 0.717) is 25.7 Å². The van der Waals surface area contributed by atoms with Crippen molar-refractivity contribution in [2.45, 2.75) is 103 Å². The first-order valence-corrected chi connectivity index (χ1v) is 12.4.